The minimum Gasteiger partial charge on any atom is -0.490 e. The average Bonchev–Trinajstić information content (AvgIpc) is 2.78. The summed E-state index contributed by atoms with van der Waals surface area (Å²) in [5, 5.41) is 11.6. The molecule has 2 heterocycles. The van der Waals surface area contributed by atoms with Crippen molar-refractivity contribution in [1.29, 1.82) is 0 Å². The molecule has 0 aromatic heterocycles. The van der Waals surface area contributed by atoms with E-state index in [1.165, 1.54) is 18.2 Å². The molecular weight excluding hydrogens is 438 g/mol. The highest BCUT2D eigenvalue weighted by Crippen LogP contribution is 2.32. The van der Waals surface area contributed by atoms with E-state index >= 15 is 0 Å². The van der Waals surface area contributed by atoms with Crippen molar-refractivity contribution in [2.75, 3.05) is 19.0 Å². The van der Waals surface area contributed by atoms with Crippen molar-refractivity contribution in [3.05, 3.63) is 59.2 Å². The van der Waals surface area contributed by atoms with E-state index in [4.69, 9.17) is 14.6 Å². The van der Waals surface area contributed by atoms with Crippen molar-refractivity contribution >= 4 is 23.5 Å². The number of carbonyl (C=O) groups excluding carboxylic acids is 2. The number of carboxylic acids is 1. The van der Waals surface area contributed by atoms with Crippen LogP contribution in [-0.2, 0) is 9.53 Å². The molecule has 1 saturated heterocycles. The molecule has 0 spiro atoms. The second-order valence-electron chi connectivity index (χ2n) is 8.06. The second-order valence-corrected chi connectivity index (χ2v) is 8.06. The molecule has 8 nitrogen and oxygen atoms in total. The van der Waals surface area contributed by atoms with E-state index < -0.39 is 35.7 Å². The molecule has 2 aliphatic heterocycles. The van der Waals surface area contributed by atoms with Gasteiger partial charge in [-0.1, -0.05) is 0 Å². The first-order valence-corrected chi connectivity index (χ1v) is 10.4. The summed E-state index contributed by atoms with van der Waals surface area (Å²) in [6, 6.07) is 7.03. The minimum absolute atomic E-state index is 0.0709. The number of likely N-dealkylation sites (N-methyl/N-ethyl adjacent to an activating group) is 1. The van der Waals surface area contributed by atoms with Crippen LogP contribution in [0.4, 0.5) is 14.5 Å². The number of hydrogen-bond donors (Lipinski definition) is 2. The third-order valence-electron chi connectivity index (χ3n) is 5.85. The number of fused-ring (bicyclic) bond motifs is 2. The molecule has 3 atom stereocenters. The fourth-order valence-electron chi connectivity index (χ4n) is 4.14. The van der Waals surface area contributed by atoms with E-state index in [0.29, 0.717) is 18.6 Å². The smallest absolute Gasteiger partial charge is 0.305 e. The molecule has 2 amide bonds. The Hall–Kier alpha value is -3.53. The van der Waals surface area contributed by atoms with Crippen LogP contribution < -0.4 is 10.1 Å². The first-order valence-electron chi connectivity index (χ1n) is 10.4. The molecule has 0 saturated carbocycles. The van der Waals surface area contributed by atoms with E-state index in [1.54, 1.807) is 11.9 Å². The summed E-state index contributed by atoms with van der Waals surface area (Å²) in [4.78, 5) is 38.2. The summed E-state index contributed by atoms with van der Waals surface area (Å²) in [6.45, 7) is 0.131. The zero-order chi connectivity index (χ0) is 23.7. The summed E-state index contributed by atoms with van der Waals surface area (Å²) in [7, 11) is 1.64. The first-order chi connectivity index (χ1) is 15.7. The fourth-order valence-corrected chi connectivity index (χ4v) is 4.14. The number of rotatable bonds is 4. The number of nitrogens with zero attached hydrogens (tertiary/aromatic N) is 1. The molecule has 2 aromatic carbocycles. The molecule has 2 aliphatic rings. The van der Waals surface area contributed by atoms with Crippen LogP contribution in [0.25, 0.3) is 0 Å². The lowest BCUT2D eigenvalue weighted by molar-refractivity contribution is -0.148. The summed E-state index contributed by atoms with van der Waals surface area (Å²) in [5.74, 6) is -3.85. The number of carboxylic acid groups (broad SMARTS) is 1. The molecule has 2 aromatic rings. The van der Waals surface area contributed by atoms with Crippen LogP contribution in [0.5, 0.6) is 5.75 Å². The predicted molar refractivity (Wildman–Crippen MR) is 112 cm³/mol. The largest absolute Gasteiger partial charge is 0.490 e. The lowest BCUT2D eigenvalue weighted by Crippen LogP contribution is -2.53. The molecule has 10 heteroatoms. The van der Waals surface area contributed by atoms with E-state index in [1.807, 2.05) is 0 Å². The molecule has 1 fully saturated rings. The van der Waals surface area contributed by atoms with Gasteiger partial charge in [-0.25, -0.2) is 8.78 Å². The Kier molecular flexibility index (Phi) is 6.28. The summed E-state index contributed by atoms with van der Waals surface area (Å²) in [5.41, 5.74) is 0.442. The predicted octanol–water partition coefficient (Wildman–Crippen LogP) is 3.07. The SMILES string of the molecule is CN1C(=O)c2cc(NC(=O)c3ccc(F)c(F)c3)ccc2OC[C@@H]2O[C@H](CC(=O)O)CC[C@@H]21. The minimum atomic E-state index is -1.14. The highest BCUT2D eigenvalue weighted by atomic mass is 19.2. The third-order valence-corrected chi connectivity index (χ3v) is 5.85. The Morgan fingerprint density at radius 1 is 1.15 bits per heavy atom. The van der Waals surface area contributed by atoms with Crippen LogP contribution in [0.2, 0.25) is 0 Å². The van der Waals surface area contributed by atoms with Crippen LogP contribution >= 0.6 is 0 Å². The summed E-state index contributed by atoms with van der Waals surface area (Å²) < 4.78 is 38.3. The highest BCUT2D eigenvalue weighted by Gasteiger charge is 2.39. The second kappa shape index (κ2) is 9.14. The highest BCUT2D eigenvalue weighted by molar-refractivity contribution is 6.05. The van der Waals surface area contributed by atoms with Crippen molar-refractivity contribution in [2.24, 2.45) is 0 Å². The molecule has 33 heavy (non-hydrogen) atoms. The van der Waals surface area contributed by atoms with Crippen molar-refractivity contribution in [2.45, 2.75) is 37.5 Å². The van der Waals surface area contributed by atoms with Crippen LogP contribution in [0.15, 0.2) is 36.4 Å². The van der Waals surface area contributed by atoms with Crippen molar-refractivity contribution < 1.29 is 37.7 Å². The summed E-state index contributed by atoms with van der Waals surface area (Å²) in [6.07, 6.45) is 0.0400. The maximum absolute atomic E-state index is 13.4. The molecule has 2 N–H and O–H groups in total. The Bertz CT molecular complexity index is 1110. The van der Waals surface area contributed by atoms with Gasteiger partial charge in [0.1, 0.15) is 18.5 Å². The normalized spacial score (nSPS) is 22.3. The standard InChI is InChI=1S/C23H22F2N2O6/c1-27-18-6-4-14(10-21(28)29)33-20(18)11-32-19-7-3-13(9-15(19)23(27)31)26-22(30)12-2-5-16(24)17(25)8-12/h2-3,5,7-9,14,18,20H,4,6,10-11H2,1H3,(H,26,30)(H,28,29)/t14-,18-,20-/m0/s1. The lowest BCUT2D eigenvalue weighted by Gasteiger charge is -2.42. The number of aliphatic carboxylic acids is 1. The first kappa shape index (κ1) is 22.7. The molecule has 0 unspecified atom stereocenters. The van der Waals surface area contributed by atoms with Gasteiger partial charge >= 0.3 is 5.97 Å². The molecule has 174 valence electrons. The van der Waals surface area contributed by atoms with Gasteiger partial charge < -0.3 is 24.8 Å². The number of amides is 2. The number of anilines is 1. The summed E-state index contributed by atoms with van der Waals surface area (Å²) >= 11 is 0. The van der Waals surface area contributed by atoms with Gasteiger partial charge in [0.05, 0.1) is 24.1 Å². The van der Waals surface area contributed by atoms with Crippen molar-refractivity contribution in [3.63, 3.8) is 0 Å². The number of hydrogen-bond acceptors (Lipinski definition) is 5. The number of carbonyl (C=O) groups is 3. The number of ether oxygens (including phenoxy) is 2. The van der Waals surface area contributed by atoms with Crippen LogP contribution in [0.3, 0.4) is 0 Å². The van der Waals surface area contributed by atoms with E-state index in [0.717, 1.165) is 18.2 Å². The van der Waals surface area contributed by atoms with Gasteiger partial charge in [0.15, 0.2) is 11.6 Å². The number of nitrogens with one attached hydrogen (secondary N) is 1. The lowest BCUT2D eigenvalue weighted by atomic mass is 9.94. The molecule has 0 bridgehead atoms. The van der Waals surface area contributed by atoms with E-state index in [-0.39, 0.29) is 41.8 Å². The monoisotopic (exact) mass is 460 g/mol. The van der Waals surface area contributed by atoms with Gasteiger partial charge in [-0.3, -0.25) is 14.4 Å². The van der Waals surface area contributed by atoms with Gasteiger partial charge in [-0.15, -0.1) is 0 Å². The van der Waals surface area contributed by atoms with Crippen LogP contribution in [0.1, 0.15) is 40.0 Å². The zero-order valence-corrected chi connectivity index (χ0v) is 17.7. The average molecular weight is 460 g/mol. The molecular formula is C23H22F2N2O6. The Morgan fingerprint density at radius 2 is 1.94 bits per heavy atom. The number of halogens is 2. The Labute approximate surface area is 188 Å². The quantitative estimate of drug-likeness (QED) is 0.727. The topological polar surface area (TPSA) is 105 Å². The molecule has 0 radical (unpaired) electrons. The van der Waals surface area contributed by atoms with E-state index in [9.17, 15) is 23.2 Å². The van der Waals surface area contributed by atoms with Gasteiger partial charge in [0, 0.05) is 18.3 Å². The van der Waals surface area contributed by atoms with E-state index in [2.05, 4.69) is 5.32 Å². The fraction of sp³-hybridized carbons (Fsp3) is 0.348. The molecule has 4 rings (SSSR count). The van der Waals surface area contributed by atoms with Crippen LogP contribution in [-0.4, -0.2) is 59.7 Å². The zero-order valence-electron chi connectivity index (χ0n) is 17.7. The van der Waals surface area contributed by atoms with Gasteiger partial charge in [0.25, 0.3) is 11.8 Å². The maximum atomic E-state index is 13.4. The van der Waals surface area contributed by atoms with Gasteiger partial charge in [-0.05, 0) is 49.2 Å². The van der Waals surface area contributed by atoms with Gasteiger partial charge in [0.2, 0.25) is 0 Å². The van der Waals surface area contributed by atoms with Crippen LogP contribution in [0, 0.1) is 11.6 Å². The van der Waals surface area contributed by atoms with Crippen molar-refractivity contribution in [1.82, 2.24) is 4.90 Å². The Balaban J connectivity index is 1.53. The Morgan fingerprint density at radius 3 is 2.67 bits per heavy atom. The van der Waals surface area contributed by atoms with Crippen molar-refractivity contribution in [3.8, 4) is 5.75 Å². The third kappa shape index (κ3) is 4.80. The molecule has 0 aliphatic carbocycles. The van der Waals surface area contributed by atoms with Gasteiger partial charge in [-0.2, -0.15) is 0 Å². The maximum Gasteiger partial charge on any atom is 0.305 e. The number of benzene rings is 2.